The summed E-state index contributed by atoms with van der Waals surface area (Å²) in [4.78, 5) is 12.0. The Balaban J connectivity index is 1.83. The van der Waals surface area contributed by atoms with E-state index < -0.39 is 6.04 Å². The fourth-order valence-corrected chi connectivity index (χ4v) is 2.13. The Morgan fingerprint density at radius 1 is 1.04 bits per heavy atom. The van der Waals surface area contributed by atoms with Gasteiger partial charge in [0.25, 0.3) is 0 Å². The SMILES string of the molecule is CC(C)(C)[C@H](N)C(=O)NCc1ccc(COc2ccccc2)cc1. The molecule has 2 aromatic rings. The number of ether oxygens (including phenoxy) is 1. The van der Waals surface area contributed by atoms with Crippen molar-refractivity contribution in [3.63, 3.8) is 0 Å². The second-order valence-electron chi connectivity index (χ2n) is 6.98. The number of para-hydroxylation sites is 1. The molecule has 0 radical (unpaired) electrons. The third kappa shape index (κ3) is 5.39. The average Bonchev–Trinajstić information content (AvgIpc) is 2.58. The lowest BCUT2D eigenvalue weighted by Gasteiger charge is -2.25. The number of amides is 1. The summed E-state index contributed by atoms with van der Waals surface area (Å²) in [6, 6.07) is 17.2. The van der Waals surface area contributed by atoms with Gasteiger partial charge in [-0.3, -0.25) is 4.79 Å². The Morgan fingerprint density at radius 3 is 2.21 bits per heavy atom. The predicted molar refractivity (Wildman–Crippen MR) is 96.5 cm³/mol. The first-order valence-corrected chi connectivity index (χ1v) is 8.15. The van der Waals surface area contributed by atoms with E-state index in [0.29, 0.717) is 13.2 Å². The molecule has 128 valence electrons. The zero-order chi connectivity index (χ0) is 17.6. The van der Waals surface area contributed by atoms with Crippen LogP contribution in [0.3, 0.4) is 0 Å². The first kappa shape index (κ1) is 18.0. The molecule has 0 aliphatic rings. The lowest BCUT2D eigenvalue weighted by atomic mass is 9.87. The predicted octanol–water partition coefficient (Wildman–Crippen LogP) is 3.26. The van der Waals surface area contributed by atoms with E-state index in [1.165, 1.54) is 0 Å². The van der Waals surface area contributed by atoms with Crippen LogP contribution >= 0.6 is 0 Å². The summed E-state index contributed by atoms with van der Waals surface area (Å²) in [7, 11) is 0. The molecule has 2 rings (SSSR count). The molecule has 0 unspecified atom stereocenters. The minimum Gasteiger partial charge on any atom is -0.489 e. The largest absolute Gasteiger partial charge is 0.489 e. The highest BCUT2D eigenvalue weighted by molar-refractivity contribution is 5.82. The van der Waals surface area contributed by atoms with Crippen molar-refractivity contribution in [2.75, 3.05) is 0 Å². The van der Waals surface area contributed by atoms with Gasteiger partial charge in [-0.2, -0.15) is 0 Å². The van der Waals surface area contributed by atoms with E-state index >= 15 is 0 Å². The van der Waals surface area contributed by atoms with Gasteiger partial charge in [0.1, 0.15) is 12.4 Å². The van der Waals surface area contributed by atoms with Crippen molar-refractivity contribution < 1.29 is 9.53 Å². The zero-order valence-electron chi connectivity index (χ0n) is 14.6. The van der Waals surface area contributed by atoms with Crippen molar-refractivity contribution in [1.82, 2.24) is 5.32 Å². The Morgan fingerprint density at radius 2 is 1.62 bits per heavy atom. The number of hydrogen-bond acceptors (Lipinski definition) is 3. The van der Waals surface area contributed by atoms with Crippen LogP contribution in [-0.4, -0.2) is 11.9 Å². The van der Waals surface area contributed by atoms with E-state index in [0.717, 1.165) is 16.9 Å². The quantitative estimate of drug-likeness (QED) is 0.856. The van der Waals surface area contributed by atoms with Crippen molar-refractivity contribution in [3.8, 4) is 5.75 Å². The highest BCUT2D eigenvalue weighted by atomic mass is 16.5. The number of carbonyl (C=O) groups is 1. The third-order valence-electron chi connectivity index (χ3n) is 3.85. The summed E-state index contributed by atoms with van der Waals surface area (Å²) in [6.45, 7) is 6.87. The monoisotopic (exact) mass is 326 g/mol. The van der Waals surface area contributed by atoms with Crippen LogP contribution in [0.5, 0.6) is 5.75 Å². The minimum absolute atomic E-state index is 0.126. The maximum absolute atomic E-state index is 12.0. The van der Waals surface area contributed by atoms with Crippen molar-refractivity contribution in [2.24, 2.45) is 11.1 Å². The lowest BCUT2D eigenvalue weighted by Crippen LogP contribution is -2.48. The second kappa shape index (κ2) is 7.97. The molecular weight excluding hydrogens is 300 g/mol. The highest BCUT2D eigenvalue weighted by Gasteiger charge is 2.26. The first-order valence-electron chi connectivity index (χ1n) is 8.15. The smallest absolute Gasteiger partial charge is 0.237 e. The molecule has 0 spiro atoms. The maximum atomic E-state index is 12.0. The molecule has 0 aliphatic carbocycles. The van der Waals surface area contributed by atoms with Crippen molar-refractivity contribution >= 4 is 5.91 Å². The molecule has 4 heteroatoms. The van der Waals surface area contributed by atoms with Crippen molar-refractivity contribution in [3.05, 3.63) is 65.7 Å². The maximum Gasteiger partial charge on any atom is 0.237 e. The molecule has 0 saturated heterocycles. The van der Waals surface area contributed by atoms with Crippen LogP contribution in [0.4, 0.5) is 0 Å². The van der Waals surface area contributed by atoms with Crippen molar-refractivity contribution in [1.29, 1.82) is 0 Å². The molecule has 0 saturated carbocycles. The molecule has 0 heterocycles. The number of rotatable bonds is 6. The van der Waals surface area contributed by atoms with Crippen LogP contribution in [0.1, 0.15) is 31.9 Å². The Hall–Kier alpha value is -2.33. The van der Waals surface area contributed by atoms with Gasteiger partial charge in [-0.25, -0.2) is 0 Å². The zero-order valence-corrected chi connectivity index (χ0v) is 14.6. The molecule has 1 atom stereocenters. The molecule has 2 aromatic carbocycles. The molecule has 4 nitrogen and oxygen atoms in total. The molecule has 1 amide bonds. The molecule has 0 aromatic heterocycles. The average molecular weight is 326 g/mol. The van der Waals surface area contributed by atoms with Crippen LogP contribution in [0, 0.1) is 5.41 Å². The van der Waals surface area contributed by atoms with Gasteiger partial charge in [0.05, 0.1) is 6.04 Å². The number of nitrogens with one attached hydrogen (secondary N) is 1. The van der Waals surface area contributed by atoms with E-state index in [-0.39, 0.29) is 11.3 Å². The first-order chi connectivity index (χ1) is 11.4. The molecule has 0 fully saturated rings. The summed E-state index contributed by atoms with van der Waals surface area (Å²) in [5.41, 5.74) is 7.82. The fourth-order valence-electron chi connectivity index (χ4n) is 2.13. The lowest BCUT2D eigenvalue weighted by molar-refractivity contribution is -0.124. The fraction of sp³-hybridized carbons (Fsp3) is 0.350. The minimum atomic E-state index is -0.518. The summed E-state index contributed by atoms with van der Waals surface area (Å²) in [5, 5.41) is 2.89. The topological polar surface area (TPSA) is 64.4 Å². The van der Waals surface area contributed by atoms with Gasteiger partial charge in [-0.05, 0) is 28.7 Å². The standard InChI is InChI=1S/C20H26N2O2/c1-20(2,3)18(21)19(23)22-13-15-9-11-16(12-10-15)14-24-17-7-5-4-6-8-17/h4-12,18H,13-14,21H2,1-3H3,(H,22,23)/t18-/m1/s1. The third-order valence-corrected chi connectivity index (χ3v) is 3.85. The second-order valence-corrected chi connectivity index (χ2v) is 6.98. The van der Waals surface area contributed by atoms with Crippen LogP contribution in [-0.2, 0) is 17.9 Å². The van der Waals surface area contributed by atoms with Gasteiger partial charge in [-0.1, -0.05) is 63.2 Å². The van der Waals surface area contributed by atoms with Crippen LogP contribution in [0.25, 0.3) is 0 Å². The van der Waals surface area contributed by atoms with E-state index in [1.807, 2.05) is 75.4 Å². The normalized spacial score (nSPS) is 12.5. The highest BCUT2D eigenvalue weighted by Crippen LogP contribution is 2.17. The molecular formula is C20H26N2O2. The molecule has 0 aliphatic heterocycles. The Labute approximate surface area is 144 Å². The van der Waals surface area contributed by atoms with Gasteiger partial charge in [0.2, 0.25) is 5.91 Å². The van der Waals surface area contributed by atoms with Crippen LogP contribution in [0.15, 0.2) is 54.6 Å². The van der Waals surface area contributed by atoms with Crippen LogP contribution < -0.4 is 15.8 Å². The van der Waals surface area contributed by atoms with E-state index in [1.54, 1.807) is 0 Å². The van der Waals surface area contributed by atoms with Gasteiger partial charge in [0.15, 0.2) is 0 Å². The van der Waals surface area contributed by atoms with E-state index in [9.17, 15) is 4.79 Å². The Kier molecular flexibility index (Phi) is 5.99. The number of hydrogen-bond donors (Lipinski definition) is 2. The van der Waals surface area contributed by atoms with E-state index in [4.69, 9.17) is 10.5 Å². The van der Waals surface area contributed by atoms with Gasteiger partial charge < -0.3 is 15.8 Å². The molecule has 24 heavy (non-hydrogen) atoms. The van der Waals surface area contributed by atoms with Gasteiger partial charge in [0, 0.05) is 6.54 Å². The Bertz CT molecular complexity index is 646. The van der Waals surface area contributed by atoms with Gasteiger partial charge >= 0.3 is 0 Å². The summed E-state index contributed by atoms with van der Waals surface area (Å²) in [5.74, 6) is 0.726. The summed E-state index contributed by atoms with van der Waals surface area (Å²) >= 11 is 0. The summed E-state index contributed by atoms with van der Waals surface area (Å²) < 4.78 is 5.71. The van der Waals surface area contributed by atoms with Crippen molar-refractivity contribution in [2.45, 2.75) is 40.0 Å². The van der Waals surface area contributed by atoms with Gasteiger partial charge in [-0.15, -0.1) is 0 Å². The van der Waals surface area contributed by atoms with Crippen LogP contribution in [0.2, 0.25) is 0 Å². The molecule has 0 bridgehead atoms. The van der Waals surface area contributed by atoms with E-state index in [2.05, 4.69) is 5.32 Å². The molecule has 3 N–H and O–H groups in total. The number of nitrogens with two attached hydrogens (primary N) is 1. The number of benzene rings is 2. The number of carbonyl (C=O) groups excluding carboxylic acids is 1. The summed E-state index contributed by atoms with van der Waals surface area (Å²) in [6.07, 6.45) is 0.